The van der Waals surface area contributed by atoms with Gasteiger partial charge in [0.2, 0.25) is 10.0 Å². The molecule has 0 aliphatic rings. The Kier molecular flexibility index (Phi) is 6.27. The molecule has 0 amide bonds. The fourth-order valence-corrected chi connectivity index (χ4v) is 3.51. The maximum atomic E-state index is 13.8. The predicted octanol–water partition coefficient (Wildman–Crippen LogP) is 2.69. The number of likely N-dealkylation sites (N-methyl/N-ethyl adjacent to an activating group) is 1. The van der Waals surface area contributed by atoms with Crippen molar-refractivity contribution >= 4 is 10.0 Å². The largest absolute Gasteiger partial charge is 0.497 e. The van der Waals surface area contributed by atoms with Gasteiger partial charge >= 0.3 is 0 Å². The number of halogens is 3. The average molecular weight is 388 g/mol. The summed E-state index contributed by atoms with van der Waals surface area (Å²) in [5.74, 6) is -4.38. The lowest BCUT2D eigenvalue weighted by Gasteiger charge is -2.25. The lowest BCUT2D eigenvalue weighted by Crippen LogP contribution is -2.35. The van der Waals surface area contributed by atoms with Gasteiger partial charge in [0.25, 0.3) is 0 Å². The van der Waals surface area contributed by atoms with Gasteiger partial charge in [0.1, 0.15) is 10.6 Å². The van der Waals surface area contributed by atoms with E-state index in [-0.39, 0.29) is 12.6 Å². The topological polar surface area (TPSA) is 58.6 Å². The maximum Gasteiger partial charge on any atom is 0.243 e. The van der Waals surface area contributed by atoms with Gasteiger partial charge in [-0.15, -0.1) is 0 Å². The molecule has 0 aliphatic heterocycles. The summed E-state index contributed by atoms with van der Waals surface area (Å²) in [6.45, 7) is -0.0971. The lowest BCUT2D eigenvalue weighted by atomic mass is 10.1. The van der Waals surface area contributed by atoms with Crippen LogP contribution in [0.2, 0.25) is 0 Å². The molecule has 0 fully saturated rings. The van der Waals surface area contributed by atoms with Crippen molar-refractivity contribution in [1.82, 2.24) is 9.62 Å². The molecule has 5 nitrogen and oxygen atoms in total. The Hall–Kier alpha value is -2.10. The van der Waals surface area contributed by atoms with Crippen molar-refractivity contribution < 1.29 is 26.3 Å². The number of ether oxygens (including phenoxy) is 1. The first-order chi connectivity index (χ1) is 12.2. The van der Waals surface area contributed by atoms with Crippen molar-refractivity contribution in [2.75, 3.05) is 27.7 Å². The van der Waals surface area contributed by atoms with Gasteiger partial charge in [-0.1, -0.05) is 12.1 Å². The summed E-state index contributed by atoms with van der Waals surface area (Å²) in [7, 11) is 0.671. The number of sulfonamides is 1. The van der Waals surface area contributed by atoms with Gasteiger partial charge in [-0.05, 0) is 43.9 Å². The highest BCUT2D eigenvalue weighted by Gasteiger charge is 2.25. The molecule has 0 heterocycles. The number of nitrogens with one attached hydrogen (secondary N) is 1. The molecule has 0 aromatic heterocycles. The Morgan fingerprint density at radius 3 is 2.19 bits per heavy atom. The standard InChI is InChI=1S/C17H19F3N2O3S/c1-22(2)14(11-4-6-12(25-3)7-5-11)10-21-26(23,24)15-9-8-13(18)16(19)17(15)20/h4-9,14,21H,10H2,1-3H3. The molecule has 2 aromatic rings. The average Bonchev–Trinajstić information content (AvgIpc) is 2.59. The second kappa shape index (κ2) is 8.07. The van der Waals surface area contributed by atoms with Crippen LogP contribution in [0.3, 0.4) is 0 Å². The lowest BCUT2D eigenvalue weighted by molar-refractivity contribution is 0.299. The second-order valence-electron chi connectivity index (χ2n) is 5.78. The Bertz CT molecular complexity index is 872. The molecule has 1 unspecified atom stereocenters. The van der Waals surface area contributed by atoms with Gasteiger partial charge in [0.15, 0.2) is 17.5 Å². The highest BCUT2D eigenvalue weighted by Crippen LogP contribution is 2.23. The summed E-state index contributed by atoms with van der Waals surface area (Å²) < 4.78 is 72.0. The van der Waals surface area contributed by atoms with Gasteiger partial charge in [0, 0.05) is 12.6 Å². The Balaban J connectivity index is 2.24. The van der Waals surface area contributed by atoms with E-state index < -0.39 is 32.4 Å². The molecule has 0 saturated carbocycles. The van der Waals surface area contributed by atoms with Gasteiger partial charge in [-0.25, -0.2) is 26.3 Å². The van der Waals surface area contributed by atoms with Crippen LogP contribution < -0.4 is 9.46 Å². The van der Waals surface area contributed by atoms with Crippen LogP contribution in [0.25, 0.3) is 0 Å². The summed E-state index contributed by atoms with van der Waals surface area (Å²) in [6.07, 6.45) is 0. The van der Waals surface area contributed by atoms with E-state index in [1.807, 2.05) is 0 Å². The molecule has 0 aliphatic carbocycles. The molecule has 2 aromatic carbocycles. The van der Waals surface area contributed by atoms with E-state index >= 15 is 0 Å². The van der Waals surface area contributed by atoms with E-state index in [4.69, 9.17) is 4.74 Å². The first-order valence-corrected chi connectivity index (χ1v) is 9.09. The molecule has 0 radical (unpaired) electrons. The minimum Gasteiger partial charge on any atom is -0.497 e. The summed E-state index contributed by atoms with van der Waals surface area (Å²) >= 11 is 0. The number of hydrogen-bond acceptors (Lipinski definition) is 4. The van der Waals surface area contributed by atoms with Crippen molar-refractivity contribution in [1.29, 1.82) is 0 Å². The zero-order valence-electron chi connectivity index (χ0n) is 14.5. The Morgan fingerprint density at radius 2 is 1.65 bits per heavy atom. The first-order valence-electron chi connectivity index (χ1n) is 7.61. The van der Waals surface area contributed by atoms with Crippen LogP contribution in [0, 0.1) is 17.5 Å². The van der Waals surface area contributed by atoms with Crippen LogP contribution in [-0.4, -0.2) is 41.1 Å². The van der Waals surface area contributed by atoms with Gasteiger partial charge in [-0.2, -0.15) is 0 Å². The van der Waals surface area contributed by atoms with E-state index in [0.29, 0.717) is 17.9 Å². The molecule has 9 heteroatoms. The van der Waals surface area contributed by atoms with E-state index in [9.17, 15) is 21.6 Å². The predicted molar refractivity (Wildman–Crippen MR) is 90.9 cm³/mol. The molecule has 1 N–H and O–H groups in total. The molecular formula is C17H19F3N2O3S. The zero-order chi connectivity index (χ0) is 19.5. The van der Waals surface area contributed by atoms with E-state index in [1.54, 1.807) is 43.3 Å². The smallest absolute Gasteiger partial charge is 0.243 e. The quantitative estimate of drug-likeness (QED) is 0.741. The molecular weight excluding hydrogens is 369 g/mol. The van der Waals surface area contributed by atoms with Crippen molar-refractivity contribution in [3.63, 3.8) is 0 Å². The van der Waals surface area contributed by atoms with E-state index in [0.717, 1.165) is 5.56 Å². The molecule has 1 atom stereocenters. The zero-order valence-corrected chi connectivity index (χ0v) is 15.3. The molecule has 0 saturated heterocycles. The van der Waals surface area contributed by atoms with Crippen molar-refractivity contribution in [3.05, 3.63) is 59.4 Å². The SMILES string of the molecule is COc1ccc(C(CNS(=O)(=O)c2ccc(F)c(F)c2F)N(C)C)cc1. The van der Waals surface area contributed by atoms with Crippen LogP contribution in [0.4, 0.5) is 13.2 Å². The molecule has 142 valence electrons. The van der Waals surface area contributed by atoms with E-state index in [1.165, 1.54) is 7.11 Å². The van der Waals surface area contributed by atoms with Crippen LogP contribution in [0.15, 0.2) is 41.3 Å². The van der Waals surface area contributed by atoms with Crippen LogP contribution in [0.1, 0.15) is 11.6 Å². The van der Waals surface area contributed by atoms with Crippen LogP contribution in [0.5, 0.6) is 5.75 Å². The number of rotatable bonds is 7. The number of nitrogens with zero attached hydrogens (tertiary/aromatic N) is 1. The normalized spacial score (nSPS) is 13.0. The minimum atomic E-state index is -4.36. The number of benzene rings is 2. The second-order valence-corrected chi connectivity index (χ2v) is 7.51. The van der Waals surface area contributed by atoms with Crippen molar-refractivity contribution in [2.24, 2.45) is 0 Å². The van der Waals surface area contributed by atoms with Crippen LogP contribution >= 0.6 is 0 Å². The van der Waals surface area contributed by atoms with Gasteiger partial charge in [0.05, 0.1) is 7.11 Å². The van der Waals surface area contributed by atoms with E-state index in [2.05, 4.69) is 4.72 Å². The molecule has 0 spiro atoms. The Labute approximate surface area is 150 Å². The summed E-state index contributed by atoms with van der Waals surface area (Å²) in [4.78, 5) is 0.829. The van der Waals surface area contributed by atoms with Gasteiger partial charge in [-0.3, -0.25) is 0 Å². The van der Waals surface area contributed by atoms with Crippen LogP contribution in [-0.2, 0) is 10.0 Å². The number of hydrogen-bond donors (Lipinski definition) is 1. The van der Waals surface area contributed by atoms with Crippen molar-refractivity contribution in [3.8, 4) is 5.75 Å². The minimum absolute atomic E-state index is 0.0971. The molecule has 2 rings (SSSR count). The first kappa shape index (κ1) is 20.2. The summed E-state index contributed by atoms with van der Waals surface area (Å²) in [5.41, 5.74) is 0.796. The molecule has 0 bridgehead atoms. The summed E-state index contributed by atoms with van der Waals surface area (Å²) in [6, 6.07) is 7.90. The monoisotopic (exact) mass is 388 g/mol. The molecule has 26 heavy (non-hydrogen) atoms. The maximum absolute atomic E-state index is 13.8. The fraction of sp³-hybridized carbons (Fsp3) is 0.294. The third-order valence-electron chi connectivity index (χ3n) is 3.88. The highest BCUT2D eigenvalue weighted by atomic mass is 32.2. The third-order valence-corrected chi connectivity index (χ3v) is 5.32. The highest BCUT2D eigenvalue weighted by molar-refractivity contribution is 7.89. The van der Waals surface area contributed by atoms with Crippen molar-refractivity contribution in [2.45, 2.75) is 10.9 Å². The van der Waals surface area contributed by atoms with Gasteiger partial charge < -0.3 is 9.64 Å². The fourth-order valence-electron chi connectivity index (χ4n) is 2.41. The Morgan fingerprint density at radius 1 is 1.04 bits per heavy atom. The number of methoxy groups -OCH3 is 1. The third kappa shape index (κ3) is 4.35. The summed E-state index contributed by atoms with van der Waals surface area (Å²) in [5, 5.41) is 0.